The summed E-state index contributed by atoms with van der Waals surface area (Å²) >= 11 is 16.0. The zero-order valence-electron chi connectivity index (χ0n) is 10.2. The molecule has 0 amide bonds. The van der Waals surface area contributed by atoms with Gasteiger partial charge in [0.15, 0.2) is 0 Å². The maximum absolute atomic E-state index is 6.22. The Kier molecular flexibility index (Phi) is 5.28. The second kappa shape index (κ2) is 6.76. The molecule has 19 heavy (non-hydrogen) atoms. The average Bonchev–Trinajstić information content (AvgIpc) is 2.40. The van der Waals surface area contributed by atoms with Crippen molar-refractivity contribution in [3.05, 3.63) is 68.1 Å². The van der Waals surface area contributed by atoms with Crippen molar-refractivity contribution in [2.24, 2.45) is 5.73 Å². The highest BCUT2D eigenvalue weighted by Gasteiger charge is 2.16. The third-order valence-corrected chi connectivity index (χ3v) is 4.57. The van der Waals surface area contributed by atoms with Crippen molar-refractivity contribution in [3.8, 4) is 0 Å². The molecule has 0 aliphatic carbocycles. The lowest BCUT2D eigenvalue weighted by molar-refractivity contribution is 0.691. The second-order valence-electron chi connectivity index (χ2n) is 4.36. The normalized spacial score (nSPS) is 12.4. The van der Waals surface area contributed by atoms with E-state index in [0.29, 0.717) is 16.6 Å². The van der Waals surface area contributed by atoms with Crippen LogP contribution >= 0.6 is 39.1 Å². The van der Waals surface area contributed by atoms with Gasteiger partial charge in [-0.2, -0.15) is 0 Å². The van der Waals surface area contributed by atoms with Gasteiger partial charge in [0.2, 0.25) is 0 Å². The maximum atomic E-state index is 6.22. The zero-order valence-corrected chi connectivity index (χ0v) is 13.3. The van der Waals surface area contributed by atoms with Crippen LogP contribution < -0.4 is 5.73 Å². The molecule has 0 heterocycles. The molecule has 2 aromatic carbocycles. The fourth-order valence-electron chi connectivity index (χ4n) is 2.10. The summed E-state index contributed by atoms with van der Waals surface area (Å²) in [6.45, 7) is 0.546. The fraction of sp³-hybridized carbons (Fsp3) is 0.200. The van der Waals surface area contributed by atoms with Crippen LogP contribution in [0.2, 0.25) is 10.0 Å². The minimum absolute atomic E-state index is 0.188. The molecule has 0 radical (unpaired) electrons. The first-order valence-corrected chi connectivity index (χ1v) is 7.55. The number of halogens is 3. The highest BCUT2D eigenvalue weighted by Crippen LogP contribution is 2.32. The molecule has 0 aliphatic rings. The SMILES string of the molecule is NCC(Cc1c(Cl)cccc1Cl)c1ccccc1Br. The summed E-state index contributed by atoms with van der Waals surface area (Å²) in [6, 6.07) is 13.7. The van der Waals surface area contributed by atoms with Crippen LogP contribution in [0.4, 0.5) is 0 Å². The van der Waals surface area contributed by atoms with Crippen LogP contribution in [0.1, 0.15) is 17.0 Å². The quantitative estimate of drug-likeness (QED) is 0.813. The molecule has 0 aliphatic heterocycles. The summed E-state index contributed by atoms with van der Waals surface area (Å²) < 4.78 is 1.06. The standard InChI is InChI=1S/C15H14BrCl2N/c16-13-5-2-1-4-11(13)10(9-19)8-12-14(17)6-3-7-15(12)18/h1-7,10H,8-9,19H2. The van der Waals surface area contributed by atoms with E-state index in [-0.39, 0.29) is 5.92 Å². The van der Waals surface area contributed by atoms with E-state index in [1.165, 1.54) is 5.56 Å². The van der Waals surface area contributed by atoms with Crippen LogP contribution in [0.3, 0.4) is 0 Å². The third kappa shape index (κ3) is 3.51. The highest BCUT2D eigenvalue weighted by atomic mass is 79.9. The molecule has 0 spiro atoms. The topological polar surface area (TPSA) is 26.0 Å². The minimum atomic E-state index is 0.188. The summed E-state index contributed by atoms with van der Waals surface area (Å²) in [7, 11) is 0. The van der Waals surface area contributed by atoms with Crippen LogP contribution in [0.15, 0.2) is 46.9 Å². The second-order valence-corrected chi connectivity index (χ2v) is 6.03. The van der Waals surface area contributed by atoms with Gasteiger partial charge in [0, 0.05) is 20.4 Å². The van der Waals surface area contributed by atoms with Gasteiger partial charge < -0.3 is 5.73 Å². The Hall–Kier alpha value is -0.540. The van der Waals surface area contributed by atoms with Crippen molar-refractivity contribution in [1.29, 1.82) is 0 Å². The maximum Gasteiger partial charge on any atom is 0.0453 e. The molecule has 2 N–H and O–H groups in total. The molecule has 0 bridgehead atoms. The third-order valence-electron chi connectivity index (χ3n) is 3.14. The van der Waals surface area contributed by atoms with Gasteiger partial charge in [-0.05, 0) is 42.3 Å². The first-order valence-electron chi connectivity index (χ1n) is 6.01. The Morgan fingerprint density at radius 3 is 2.21 bits per heavy atom. The lowest BCUT2D eigenvalue weighted by Gasteiger charge is -2.18. The monoisotopic (exact) mass is 357 g/mol. The molecule has 2 rings (SSSR count). The lowest BCUT2D eigenvalue weighted by atomic mass is 9.92. The highest BCUT2D eigenvalue weighted by molar-refractivity contribution is 9.10. The van der Waals surface area contributed by atoms with Crippen LogP contribution in [0, 0.1) is 0 Å². The molecule has 0 saturated heterocycles. The van der Waals surface area contributed by atoms with E-state index in [1.54, 1.807) is 0 Å². The van der Waals surface area contributed by atoms with Crippen LogP contribution in [0.25, 0.3) is 0 Å². The van der Waals surface area contributed by atoms with Gasteiger partial charge >= 0.3 is 0 Å². The number of rotatable bonds is 4. The number of hydrogen-bond acceptors (Lipinski definition) is 1. The van der Waals surface area contributed by atoms with Crippen molar-refractivity contribution in [2.45, 2.75) is 12.3 Å². The number of benzene rings is 2. The largest absolute Gasteiger partial charge is 0.330 e. The van der Waals surface area contributed by atoms with E-state index >= 15 is 0 Å². The van der Waals surface area contributed by atoms with Crippen molar-refractivity contribution < 1.29 is 0 Å². The smallest absolute Gasteiger partial charge is 0.0453 e. The Morgan fingerprint density at radius 1 is 1.00 bits per heavy atom. The Labute approximate surface area is 131 Å². The van der Waals surface area contributed by atoms with Gasteiger partial charge in [-0.1, -0.05) is 63.4 Å². The molecule has 1 unspecified atom stereocenters. The number of hydrogen-bond donors (Lipinski definition) is 1. The number of nitrogens with two attached hydrogens (primary N) is 1. The predicted octanol–water partition coefficient (Wildman–Crippen LogP) is 5.04. The molecular formula is C15H14BrCl2N. The zero-order chi connectivity index (χ0) is 13.8. The first kappa shape index (κ1) is 14.9. The average molecular weight is 359 g/mol. The predicted molar refractivity (Wildman–Crippen MR) is 86.1 cm³/mol. The Balaban J connectivity index is 2.32. The summed E-state index contributed by atoms with van der Waals surface area (Å²) in [5.41, 5.74) is 8.05. The van der Waals surface area contributed by atoms with Crippen molar-refractivity contribution in [3.63, 3.8) is 0 Å². The molecule has 0 fully saturated rings. The van der Waals surface area contributed by atoms with E-state index in [2.05, 4.69) is 22.0 Å². The molecule has 100 valence electrons. The van der Waals surface area contributed by atoms with Gasteiger partial charge in [-0.15, -0.1) is 0 Å². The van der Waals surface area contributed by atoms with Crippen LogP contribution in [-0.2, 0) is 6.42 Å². The molecule has 0 saturated carbocycles. The van der Waals surface area contributed by atoms with Gasteiger partial charge in [0.25, 0.3) is 0 Å². The van der Waals surface area contributed by atoms with Crippen molar-refractivity contribution in [1.82, 2.24) is 0 Å². The van der Waals surface area contributed by atoms with E-state index in [1.807, 2.05) is 36.4 Å². The lowest BCUT2D eigenvalue weighted by Crippen LogP contribution is -2.16. The van der Waals surface area contributed by atoms with Crippen molar-refractivity contribution >= 4 is 39.1 Å². The molecule has 0 aromatic heterocycles. The fourth-order valence-corrected chi connectivity index (χ4v) is 3.26. The van der Waals surface area contributed by atoms with E-state index in [0.717, 1.165) is 16.5 Å². The van der Waals surface area contributed by atoms with E-state index in [9.17, 15) is 0 Å². The summed E-state index contributed by atoms with van der Waals surface area (Å²) in [5.74, 6) is 0.188. The van der Waals surface area contributed by atoms with E-state index < -0.39 is 0 Å². The van der Waals surface area contributed by atoms with E-state index in [4.69, 9.17) is 28.9 Å². The molecule has 1 nitrogen and oxygen atoms in total. The summed E-state index contributed by atoms with van der Waals surface area (Å²) in [4.78, 5) is 0. The Morgan fingerprint density at radius 2 is 1.63 bits per heavy atom. The molecular weight excluding hydrogens is 345 g/mol. The first-order chi connectivity index (χ1) is 9.13. The minimum Gasteiger partial charge on any atom is -0.330 e. The molecule has 2 aromatic rings. The van der Waals surface area contributed by atoms with Gasteiger partial charge in [-0.25, -0.2) is 0 Å². The van der Waals surface area contributed by atoms with Crippen LogP contribution in [0.5, 0.6) is 0 Å². The summed E-state index contributed by atoms with van der Waals surface area (Å²) in [5, 5.41) is 1.39. The molecule has 1 atom stereocenters. The van der Waals surface area contributed by atoms with Crippen LogP contribution in [-0.4, -0.2) is 6.54 Å². The Bertz CT molecular complexity index is 552. The van der Waals surface area contributed by atoms with Crippen molar-refractivity contribution in [2.75, 3.05) is 6.54 Å². The molecule has 4 heteroatoms. The van der Waals surface area contributed by atoms with Gasteiger partial charge in [-0.3, -0.25) is 0 Å². The van der Waals surface area contributed by atoms with Gasteiger partial charge in [0.05, 0.1) is 0 Å². The van der Waals surface area contributed by atoms with Gasteiger partial charge in [0.1, 0.15) is 0 Å². The summed E-state index contributed by atoms with van der Waals surface area (Å²) in [6.07, 6.45) is 0.734.